The molecule has 6 nitrogen and oxygen atoms in total. The Morgan fingerprint density at radius 1 is 1.30 bits per heavy atom. The van der Waals surface area contributed by atoms with Crippen molar-refractivity contribution < 1.29 is 9.90 Å². The molecule has 2 heterocycles. The van der Waals surface area contributed by atoms with E-state index in [1.165, 1.54) is 11.8 Å². The third-order valence-corrected chi connectivity index (χ3v) is 3.97. The first-order valence-electron chi connectivity index (χ1n) is 6.28. The number of carbonyl (C=O) groups is 1. The average Bonchev–Trinajstić information content (AvgIpc) is 2.93. The van der Waals surface area contributed by atoms with Gasteiger partial charge in [0.05, 0.1) is 16.8 Å². The number of thioether (sulfide) groups is 1. The molecular weight excluding hydrogens is 276 g/mol. The van der Waals surface area contributed by atoms with Crippen LogP contribution in [0, 0.1) is 0 Å². The predicted octanol–water partition coefficient (Wildman–Crippen LogP) is 2.44. The van der Waals surface area contributed by atoms with Crippen LogP contribution in [0.25, 0.3) is 16.8 Å². The fraction of sp³-hybridized carbons (Fsp3) is 0.308. The van der Waals surface area contributed by atoms with Gasteiger partial charge in [-0.25, -0.2) is 0 Å². The number of carboxylic acid groups (broad SMARTS) is 1. The summed E-state index contributed by atoms with van der Waals surface area (Å²) in [6.07, 6.45) is 0. The molecule has 0 atom stereocenters. The topological polar surface area (TPSA) is 72.4 Å². The zero-order valence-corrected chi connectivity index (χ0v) is 12.0. The van der Waals surface area contributed by atoms with Crippen LogP contribution in [-0.4, -0.2) is 36.0 Å². The number of carboxylic acids is 1. The molecule has 0 saturated carbocycles. The molecule has 2 aromatic heterocycles. The molecule has 104 valence electrons. The van der Waals surface area contributed by atoms with Gasteiger partial charge in [-0.3, -0.25) is 9.20 Å². The van der Waals surface area contributed by atoms with Crippen LogP contribution < -0.4 is 0 Å². The smallest absolute Gasteiger partial charge is 0.313 e. The molecule has 0 aliphatic rings. The van der Waals surface area contributed by atoms with Crippen molar-refractivity contribution in [2.24, 2.45) is 0 Å². The Bertz CT molecular complexity index is 790. The molecule has 7 heteroatoms. The van der Waals surface area contributed by atoms with Gasteiger partial charge in [0.25, 0.3) is 0 Å². The first-order valence-corrected chi connectivity index (χ1v) is 7.27. The van der Waals surface area contributed by atoms with Gasteiger partial charge >= 0.3 is 5.97 Å². The van der Waals surface area contributed by atoms with Crippen molar-refractivity contribution in [3.63, 3.8) is 0 Å². The lowest BCUT2D eigenvalue weighted by Gasteiger charge is -2.07. The zero-order chi connectivity index (χ0) is 14.3. The number of rotatable bonds is 4. The first kappa shape index (κ1) is 13.0. The van der Waals surface area contributed by atoms with Crippen LogP contribution >= 0.6 is 11.8 Å². The molecule has 0 unspecified atom stereocenters. The van der Waals surface area contributed by atoms with Crippen LogP contribution in [0.2, 0.25) is 0 Å². The maximum Gasteiger partial charge on any atom is 0.313 e. The molecule has 3 aromatic rings. The molecule has 0 amide bonds. The molecule has 0 radical (unpaired) electrons. The predicted molar refractivity (Wildman–Crippen MR) is 77.2 cm³/mol. The van der Waals surface area contributed by atoms with E-state index < -0.39 is 5.97 Å². The van der Waals surface area contributed by atoms with E-state index in [-0.39, 0.29) is 11.8 Å². The van der Waals surface area contributed by atoms with Gasteiger partial charge in [0, 0.05) is 6.04 Å². The monoisotopic (exact) mass is 290 g/mol. The lowest BCUT2D eigenvalue weighted by molar-refractivity contribution is -0.133. The highest BCUT2D eigenvalue weighted by molar-refractivity contribution is 7.99. The summed E-state index contributed by atoms with van der Waals surface area (Å²) in [7, 11) is 0. The average molecular weight is 290 g/mol. The van der Waals surface area contributed by atoms with Crippen molar-refractivity contribution in [2.75, 3.05) is 5.75 Å². The van der Waals surface area contributed by atoms with Crippen molar-refractivity contribution in [2.45, 2.75) is 25.0 Å². The van der Waals surface area contributed by atoms with E-state index in [2.05, 4.69) is 28.6 Å². The van der Waals surface area contributed by atoms with Gasteiger partial charge < -0.3 is 9.67 Å². The molecule has 3 rings (SSSR count). The molecule has 0 saturated heterocycles. The van der Waals surface area contributed by atoms with Crippen LogP contribution in [0.4, 0.5) is 0 Å². The highest BCUT2D eigenvalue weighted by Crippen LogP contribution is 2.28. The van der Waals surface area contributed by atoms with E-state index in [0.29, 0.717) is 5.16 Å². The van der Waals surface area contributed by atoms with E-state index in [1.807, 2.05) is 28.7 Å². The molecule has 0 aliphatic carbocycles. The Morgan fingerprint density at radius 3 is 2.65 bits per heavy atom. The SMILES string of the molecule is CC(C)n1c2ccccc2n2c(SCC(=O)O)nnc12. The van der Waals surface area contributed by atoms with Crippen LogP contribution in [0.5, 0.6) is 0 Å². The number of aromatic nitrogens is 4. The Hall–Kier alpha value is -2.02. The van der Waals surface area contributed by atoms with Crippen LogP contribution in [0.3, 0.4) is 0 Å². The molecule has 1 N–H and O–H groups in total. The lowest BCUT2D eigenvalue weighted by atomic mass is 10.3. The summed E-state index contributed by atoms with van der Waals surface area (Å²) in [5.41, 5.74) is 2.07. The highest BCUT2D eigenvalue weighted by atomic mass is 32.2. The van der Waals surface area contributed by atoms with E-state index in [1.54, 1.807) is 0 Å². The van der Waals surface area contributed by atoms with Crippen molar-refractivity contribution >= 4 is 34.5 Å². The van der Waals surface area contributed by atoms with Crippen molar-refractivity contribution in [1.29, 1.82) is 0 Å². The van der Waals surface area contributed by atoms with Gasteiger partial charge in [0.15, 0.2) is 5.16 Å². The third kappa shape index (κ3) is 1.94. The Labute approximate surface area is 119 Å². The number of hydrogen-bond acceptors (Lipinski definition) is 4. The van der Waals surface area contributed by atoms with E-state index in [0.717, 1.165) is 16.8 Å². The molecule has 0 fully saturated rings. The minimum atomic E-state index is -0.862. The number of nitrogens with zero attached hydrogens (tertiary/aromatic N) is 4. The standard InChI is InChI=1S/C13H14N4O2S/c1-8(2)16-9-5-3-4-6-10(9)17-12(16)14-15-13(17)20-7-11(18)19/h3-6,8H,7H2,1-2H3,(H,18,19). The fourth-order valence-electron chi connectivity index (χ4n) is 2.32. The van der Waals surface area contributed by atoms with Crippen LogP contribution in [0.15, 0.2) is 29.4 Å². The minimum Gasteiger partial charge on any atom is -0.481 e. The van der Waals surface area contributed by atoms with Gasteiger partial charge in [0.2, 0.25) is 5.78 Å². The normalized spacial score (nSPS) is 11.8. The highest BCUT2D eigenvalue weighted by Gasteiger charge is 2.18. The summed E-state index contributed by atoms with van der Waals surface area (Å²) in [5, 5.41) is 17.7. The summed E-state index contributed by atoms with van der Waals surface area (Å²) in [5.74, 6) is -0.143. The Balaban J connectivity index is 2.26. The van der Waals surface area contributed by atoms with E-state index in [9.17, 15) is 4.79 Å². The summed E-state index contributed by atoms with van der Waals surface area (Å²) in [6.45, 7) is 4.18. The maximum atomic E-state index is 10.7. The molecule has 0 bridgehead atoms. The number of hydrogen-bond donors (Lipinski definition) is 1. The fourth-order valence-corrected chi connectivity index (χ4v) is 2.98. The minimum absolute atomic E-state index is 0.0258. The second-order valence-electron chi connectivity index (χ2n) is 4.75. The summed E-state index contributed by atoms with van der Waals surface area (Å²) in [4.78, 5) is 10.7. The largest absolute Gasteiger partial charge is 0.481 e. The summed E-state index contributed by atoms with van der Waals surface area (Å²) in [6, 6.07) is 8.22. The Morgan fingerprint density at radius 2 is 2.00 bits per heavy atom. The number of aliphatic carboxylic acids is 1. The number of fused-ring (bicyclic) bond motifs is 3. The number of benzene rings is 1. The van der Waals surface area contributed by atoms with Gasteiger partial charge in [-0.2, -0.15) is 0 Å². The molecular formula is C13H14N4O2S. The van der Waals surface area contributed by atoms with Crippen molar-refractivity contribution in [1.82, 2.24) is 19.2 Å². The van der Waals surface area contributed by atoms with E-state index in [4.69, 9.17) is 5.11 Å². The summed E-state index contributed by atoms with van der Waals surface area (Å²) < 4.78 is 4.02. The molecule has 0 spiro atoms. The van der Waals surface area contributed by atoms with Gasteiger partial charge in [0.1, 0.15) is 0 Å². The second-order valence-corrected chi connectivity index (χ2v) is 5.70. The quantitative estimate of drug-likeness (QED) is 0.747. The van der Waals surface area contributed by atoms with Crippen LogP contribution in [-0.2, 0) is 4.79 Å². The van der Waals surface area contributed by atoms with Crippen molar-refractivity contribution in [3.8, 4) is 0 Å². The van der Waals surface area contributed by atoms with Crippen LogP contribution in [0.1, 0.15) is 19.9 Å². The van der Waals surface area contributed by atoms with Gasteiger partial charge in [-0.1, -0.05) is 23.9 Å². The summed E-state index contributed by atoms with van der Waals surface area (Å²) >= 11 is 1.18. The van der Waals surface area contributed by atoms with Gasteiger partial charge in [-0.15, -0.1) is 10.2 Å². The second kappa shape index (κ2) is 4.82. The molecule has 0 aliphatic heterocycles. The van der Waals surface area contributed by atoms with Gasteiger partial charge in [-0.05, 0) is 26.0 Å². The number of para-hydroxylation sites is 2. The first-order chi connectivity index (χ1) is 9.59. The van der Waals surface area contributed by atoms with Crippen molar-refractivity contribution in [3.05, 3.63) is 24.3 Å². The molecule has 1 aromatic carbocycles. The molecule has 20 heavy (non-hydrogen) atoms. The zero-order valence-electron chi connectivity index (χ0n) is 11.1. The Kier molecular flexibility index (Phi) is 3.13. The lowest BCUT2D eigenvalue weighted by Crippen LogP contribution is -2.01. The maximum absolute atomic E-state index is 10.7. The third-order valence-electron chi connectivity index (χ3n) is 3.06. The van der Waals surface area contributed by atoms with E-state index >= 15 is 0 Å². The number of imidazole rings is 1.